The molecule has 3 heterocycles. The summed E-state index contributed by atoms with van der Waals surface area (Å²) in [5.41, 5.74) is 3.17. The summed E-state index contributed by atoms with van der Waals surface area (Å²) in [5.74, 6) is 1.64. The molecule has 0 unspecified atom stereocenters. The molecule has 3 heteroatoms. The van der Waals surface area contributed by atoms with Crippen molar-refractivity contribution in [1.82, 2.24) is 4.90 Å². The maximum absolute atomic E-state index is 14.0. The largest absolute Gasteiger partial charge is 0.492 e. The van der Waals surface area contributed by atoms with Crippen molar-refractivity contribution in [3.05, 3.63) is 65.2 Å². The summed E-state index contributed by atoms with van der Waals surface area (Å²) in [6.07, 6.45) is 4.33. The minimum atomic E-state index is -0.282. The first-order valence-corrected chi connectivity index (χ1v) is 9.91. The number of fused-ring (bicyclic) bond motifs is 8. The van der Waals surface area contributed by atoms with Crippen LogP contribution in [0.25, 0.3) is 0 Å². The molecule has 0 aromatic heterocycles. The van der Waals surface area contributed by atoms with Crippen LogP contribution in [0, 0.1) is 5.41 Å². The summed E-state index contributed by atoms with van der Waals surface area (Å²) in [6.45, 7) is 1.82. The normalized spacial score (nSPS) is 34.8. The molecule has 6 rings (SSSR count). The van der Waals surface area contributed by atoms with E-state index in [1.54, 1.807) is 0 Å². The number of rotatable bonds is 0. The van der Waals surface area contributed by atoms with Crippen LogP contribution in [0.1, 0.15) is 46.7 Å². The molecule has 0 bridgehead atoms. The third-order valence-corrected chi connectivity index (χ3v) is 7.41. The number of aryl methyl sites for hydroxylation is 1. The second kappa shape index (κ2) is 5.20. The van der Waals surface area contributed by atoms with Crippen molar-refractivity contribution in [3.63, 3.8) is 0 Å². The molecule has 4 atom stereocenters. The predicted molar refractivity (Wildman–Crippen MR) is 99.7 cm³/mol. The van der Waals surface area contributed by atoms with E-state index in [0.717, 1.165) is 43.7 Å². The van der Waals surface area contributed by atoms with E-state index in [9.17, 15) is 4.79 Å². The maximum Gasteiger partial charge on any atom is 0.171 e. The number of carbonyl (C=O) groups excluding carboxylic acids is 1. The van der Waals surface area contributed by atoms with Gasteiger partial charge in [0.05, 0.1) is 11.5 Å². The van der Waals surface area contributed by atoms with Crippen molar-refractivity contribution in [1.29, 1.82) is 0 Å². The molecule has 0 N–H and O–H groups in total. The Kier molecular flexibility index (Phi) is 3.00. The molecule has 3 aliphatic heterocycles. The number of ether oxygens (including phenoxy) is 1. The molecule has 1 spiro atoms. The lowest BCUT2D eigenvalue weighted by Gasteiger charge is -2.43. The van der Waals surface area contributed by atoms with Crippen LogP contribution >= 0.6 is 0 Å². The number of Topliss-reactive ketones (excluding diaryl/α,β-unsaturated/α-hetero) is 1. The minimum absolute atomic E-state index is 0.263. The van der Waals surface area contributed by atoms with Crippen molar-refractivity contribution in [3.8, 4) is 5.75 Å². The van der Waals surface area contributed by atoms with Crippen LogP contribution < -0.4 is 4.74 Å². The van der Waals surface area contributed by atoms with E-state index >= 15 is 0 Å². The first kappa shape index (κ1) is 15.0. The lowest BCUT2D eigenvalue weighted by molar-refractivity contribution is 0.0657. The molecule has 132 valence electrons. The number of benzene rings is 2. The summed E-state index contributed by atoms with van der Waals surface area (Å²) in [4.78, 5) is 16.6. The molecule has 0 saturated carbocycles. The van der Waals surface area contributed by atoms with Crippen LogP contribution in [0.3, 0.4) is 0 Å². The molecule has 2 aromatic carbocycles. The number of nitrogens with zero attached hydrogens (tertiary/aromatic N) is 1. The molecular formula is C23H23NO2. The zero-order valence-corrected chi connectivity index (χ0v) is 14.9. The number of ketones is 1. The topological polar surface area (TPSA) is 29.5 Å². The summed E-state index contributed by atoms with van der Waals surface area (Å²) in [5, 5.41) is 0. The number of hydrogen-bond acceptors (Lipinski definition) is 3. The van der Waals surface area contributed by atoms with Gasteiger partial charge in [-0.25, -0.2) is 0 Å². The van der Waals surface area contributed by atoms with Gasteiger partial charge in [-0.05, 0) is 49.4 Å². The lowest BCUT2D eigenvalue weighted by atomic mass is 9.58. The highest BCUT2D eigenvalue weighted by Gasteiger charge is 2.66. The maximum atomic E-state index is 14.0. The van der Waals surface area contributed by atoms with Gasteiger partial charge in [0.1, 0.15) is 12.4 Å². The van der Waals surface area contributed by atoms with E-state index in [1.807, 2.05) is 12.1 Å². The van der Waals surface area contributed by atoms with E-state index in [1.165, 1.54) is 17.5 Å². The van der Waals surface area contributed by atoms with Crippen molar-refractivity contribution >= 4 is 5.78 Å². The van der Waals surface area contributed by atoms with E-state index in [-0.39, 0.29) is 11.3 Å². The van der Waals surface area contributed by atoms with E-state index in [2.05, 4.69) is 41.3 Å². The number of para-hydroxylation sites is 1. The van der Waals surface area contributed by atoms with Crippen molar-refractivity contribution in [2.45, 2.75) is 43.7 Å². The smallest absolute Gasteiger partial charge is 0.171 e. The quantitative estimate of drug-likeness (QED) is 0.727. The summed E-state index contributed by atoms with van der Waals surface area (Å²) in [7, 11) is 0. The van der Waals surface area contributed by atoms with Gasteiger partial charge in [0.25, 0.3) is 0 Å². The molecule has 26 heavy (non-hydrogen) atoms. The second-order valence-corrected chi connectivity index (χ2v) is 8.32. The summed E-state index contributed by atoms with van der Waals surface area (Å²) < 4.78 is 6.13. The first-order chi connectivity index (χ1) is 12.8. The Morgan fingerprint density at radius 3 is 2.88 bits per heavy atom. The van der Waals surface area contributed by atoms with Gasteiger partial charge < -0.3 is 4.74 Å². The Balaban J connectivity index is 1.58. The molecule has 2 saturated heterocycles. The highest BCUT2D eigenvalue weighted by atomic mass is 16.5. The second-order valence-electron chi connectivity index (χ2n) is 8.32. The molecule has 4 aliphatic rings. The van der Waals surface area contributed by atoms with Gasteiger partial charge in [0.15, 0.2) is 5.78 Å². The highest BCUT2D eigenvalue weighted by Crippen LogP contribution is 2.62. The first-order valence-electron chi connectivity index (χ1n) is 9.91. The molecule has 2 aromatic rings. The van der Waals surface area contributed by atoms with Crippen LogP contribution in [0.4, 0.5) is 0 Å². The van der Waals surface area contributed by atoms with Crippen molar-refractivity contribution in [2.24, 2.45) is 5.41 Å². The highest BCUT2D eigenvalue weighted by molar-refractivity contribution is 6.04. The Morgan fingerprint density at radius 2 is 1.92 bits per heavy atom. The van der Waals surface area contributed by atoms with Crippen LogP contribution in [0.5, 0.6) is 5.75 Å². The fourth-order valence-electron chi connectivity index (χ4n) is 6.48. The average Bonchev–Trinajstić information content (AvgIpc) is 3.27. The van der Waals surface area contributed by atoms with Gasteiger partial charge in [0, 0.05) is 17.5 Å². The van der Waals surface area contributed by atoms with Crippen molar-refractivity contribution in [2.75, 3.05) is 13.2 Å². The van der Waals surface area contributed by atoms with E-state index in [0.29, 0.717) is 17.9 Å². The SMILES string of the molecule is O=C1c2ccccc2CC[C@]12[C@H]1c3ccccc3OC[C@H]1N1CCC[C@@H]12. The minimum Gasteiger partial charge on any atom is -0.492 e. The van der Waals surface area contributed by atoms with Crippen LogP contribution in [-0.2, 0) is 6.42 Å². The molecular weight excluding hydrogens is 322 g/mol. The zero-order valence-electron chi connectivity index (χ0n) is 14.9. The van der Waals surface area contributed by atoms with Gasteiger partial charge in [-0.1, -0.05) is 42.5 Å². The summed E-state index contributed by atoms with van der Waals surface area (Å²) >= 11 is 0. The summed E-state index contributed by atoms with van der Waals surface area (Å²) in [6, 6.07) is 17.4. The van der Waals surface area contributed by atoms with Gasteiger partial charge >= 0.3 is 0 Å². The Bertz CT molecular complexity index is 907. The van der Waals surface area contributed by atoms with Gasteiger partial charge in [-0.3, -0.25) is 9.69 Å². The molecule has 0 radical (unpaired) electrons. The number of hydrogen-bond donors (Lipinski definition) is 0. The third kappa shape index (κ3) is 1.70. The molecule has 3 nitrogen and oxygen atoms in total. The fourth-order valence-corrected chi connectivity index (χ4v) is 6.48. The number of carbonyl (C=O) groups is 1. The van der Waals surface area contributed by atoms with Crippen LogP contribution in [-0.4, -0.2) is 35.9 Å². The standard InChI is InChI=1S/C23H23NO2/c25-22-16-7-2-1-6-15(16)11-12-23(22)20-10-5-13-24(20)18-14-26-19-9-4-3-8-17(19)21(18)23/h1-4,6-9,18,20-21H,5,10-14H2/t18-,20-,21+,23+/m1/s1. The Morgan fingerprint density at radius 1 is 1.08 bits per heavy atom. The van der Waals surface area contributed by atoms with Gasteiger partial charge in [-0.15, -0.1) is 0 Å². The monoisotopic (exact) mass is 345 g/mol. The molecule has 2 fully saturated rings. The Hall–Kier alpha value is -2.13. The Labute approximate surface area is 154 Å². The fraction of sp³-hybridized carbons (Fsp3) is 0.435. The van der Waals surface area contributed by atoms with E-state index in [4.69, 9.17) is 4.74 Å². The van der Waals surface area contributed by atoms with E-state index < -0.39 is 0 Å². The average molecular weight is 345 g/mol. The van der Waals surface area contributed by atoms with Gasteiger partial charge in [-0.2, -0.15) is 0 Å². The predicted octanol–water partition coefficient (Wildman–Crippen LogP) is 3.82. The molecule has 1 aliphatic carbocycles. The van der Waals surface area contributed by atoms with Crippen LogP contribution in [0.2, 0.25) is 0 Å². The lowest BCUT2D eigenvalue weighted by Crippen LogP contribution is -2.47. The third-order valence-electron chi connectivity index (χ3n) is 7.41. The van der Waals surface area contributed by atoms with Gasteiger partial charge in [0.2, 0.25) is 0 Å². The van der Waals surface area contributed by atoms with Crippen LogP contribution in [0.15, 0.2) is 48.5 Å². The molecule has 0 amide bonds. The zero-order chi connectivity index (χ0) is 17.3. The van der Waals surface area contributed by atoms with Crippen molar-refractivity contribution < 1.29 is 9.53 Å².